The summed E-state index contributed by atoms with van der Waals surface area (Å²) in [5.41, 5.74) is 4.89. The molecule has 0 aliphatic carbocycles. The summed E-state index contributed by atoms with van der Waals surface area (Å²) in [4.78, 5) is 0. The van der Waals surface area contributed by atoms with Gasteiger partial charge in [-0.25, -0.2) is 13.2 Å². The molecular weight excluding hydrogens is 215 g/mol. The van der Waals surface area contributed by atoms with E-state index in [2.05, 4.69) is 0 Å². The third-order valence-corrected chi connectivity index (χ3v) is 2.12. The van der Waals surface area contributed by atoms with E-state index < -0.39 is 22.5 Å². The van der Waals surface area contributed by atoms with Crippen LogP contribution in [0.5, 0.6) is 0 Å². The molecule has 1 nitrogen and oxygen atoms in total. The highest BCUT2D eigenvalue weighted by molar-refractivity contribution is 6.30. The maximum Gasteiger partial charge on any atom is 0.177 e. The van der Waals surface area contributed by atoms with Crippen molar-refractivity contribution in [1.82, 2.24) is 0 Å². The Labute approximate surface area is 84.7 Å². The van der Waals surface area contributed by atoms with E-state index in [1.807, 2.05) is 0 Å². The number of hydrogen-bond acceptors (Lipinski definition) is 1. The highest BCUT2D eigenvalue weighted by atomic mass is 35.5. The second-order valence-electron chi connectivity index (χ2n) is 2.84. The van der Waals surface area contributed by atoms with Crippen LogP contribution in [0.15, 0.2) is 6.07 Å². The number of hydrogen-bond donors (Lipinski definition) is 1. The van der Waals surface area contributed by atoms with Gasteiger partial charge in [0.1, 0.15) is 5.82 Å². The highest BCUT2D eigenvalue weighted by Crippen LogP contribution is 2.24. The van der Waals surface area contributed by atoms with Crippen LogP contribution < -0.4 is 5.73 Å². The molecule has 0 aliphatic heterocycles. The first kappa shape index (κ1) is 11.3. The summed E-state index contributed by atoms with van der Waals surface area (Å²) in [6.07, 6.45) is 0.469. The molecule has 1 aromatic carbocycles. The molecule has 1 rings (SSSR count). The number of rotatable bonds is 3. The Hall–Kier alpha value is -0.740. The van der Waals surface area contributed by atoms with E-state index in [1.54, 1.807) is 0 Å². The molecule has 0 aliphatic rings. The summed E-state index contributed by atoms with van der Waals surface area (Å²) in [5, 5.41) is -0.545. The van der Waals surface area contributed by atoms with E-state index in [-0.39, 0.29) is 12.0 Å². The Morgan fingerprint density at radius 2 is 1.86 bits per heavy atom. The van der Waals surface area contributed by atoms with Gasteiger partial charge >= 0.3 is 0 Å². The van der Waals surface area contributed by atoms with Crippen LogP contribution in [-0.4, -0.2) is 6.54 Å². The molecule has 5 heteroatoms. The molecule has 0 saturated heterocycles. The van der Waals surface area contributed by atoms with Gasteiger partial charge in [-0.15, -0.1) is 0 Å². The standard InChI is InChI=1S/C9H9ClF3N/c10-6-4-7(11)5(2-1-3-14)8(12)9(6)13/h4H,1-3,14H2. The Kier molecular flexibility index (Phi) is 3.77. The number of halogens is 4. The maximum absolute atomic E-state index is 13.1. The minimum Gasteiger partial charge on any atom is -0.330 e. The highest BCUT2D eigenvalue weighted by Gasteiger charge is 2.16. The molecule has 0 spiro atoms. The van der Waals surface area contributed by atoms with Gasteiger partial charge in [-0.2, -0.15) is 0 Å². The van der Waals surface area contributed by atoms with Crippen molar-refractivity contribution < 1.29 is 13.2 Å². The molecule has 0 aromatic heterocycles. The van der Waals surface area contributed by atoms with Gasteiger partial charge in [0, 0.05) is 5.56 Å². The van der Waals surface area contributed by atoms with Gasteiger partial charge in [0.2, 0.25) is 0 Å². The van der Waals surface area contributed by atoms with E-state index in [1.165, 1.54) is 0 Å². The zero-order valence-electron chi connectivity index (χ0n) is 7.29. The summed E-state index contributed by atoms with van der Waals surface area (Å²) < 4.78 is 39.1. The van der Waals surface area contributed by atoms with Crippen molar-refractivity contribution in [1.29, 1.82) is 0 Å². The third kappa shape index (κ3) is 2.19. The molecule has 78 valence electrons. The van der Waals surface area contributed by atoms with E-state index in [9.17, 15) is 13.2 Å². The van der Waals surface area contributed by atoms with Crippen molar-refractivity contribution in [2.24, 2.45) is 5.73 Å². The molecule has 14 heavy (non-hydrogen) atoms. The summed E-state index contributed by atoms with van der Waals surface area (Å²) in [6, 6.07) is 0.770. The zero-order chi connectivity index (χ0) is 10.7. The van der Waals surface area contributed by atoms with Crippen LogP contribution in [0.2, 0.25) is 5.02 Å². The van der Waals surface area contributed by atoms with Crippen LogP contribution in [0.3, 0.4) is 0 Å². The molecule has 0 atom stereocenters. The van der Waals surface area contributed by atoms with Gasteiger partial charge in [0.25, 0.3) is 0 Å². The normalized spacial score (nSPS) is 10.6. The summed E-state index contributed by atoms with van der Waals surface area (Å²) in [5.74, 6) is -3.26. The molecule has 0 unspecified atom stereocenters. The first-order valence-electron chi connectivity index (χ1n) is 4.10. The Bertz CT molecular complexity index is 341. The lowest BCUT2D eigenvalue weighted by Gasteiger charge is -2.05. The minimum atomic E-state index is -1.22. The van der Waals surface area contributed by atoms with Crippen molar-refractivity contribution in [3.05, 3.63) is 34.1 Å². The van der Waals surface area contributed by atoms with Gasteiger partial charge in [-0.1, -0.05) is 11.6 Å². The van der Waals surface area contributed by atoms with Crippen molar-refractivity contribution in [3.63, 3.8) is 0 Å². The Morgan fingerprint density at radius 3 is 2.43 bits per heavy atom. The lowest BCUT2D eigenvalue weighted by atomic mass is 10.1. The van der Waals surface area contributed by atoms with Gasteiger partial charge in [-0.3, -0.25) is 0 Å². The van der Waals surface area contributed by atoms with Gasteiger partial charge in [0.05, 0.1) is 5.02 Å². The fourth-order valence-electron chi connectivity index (χ4n) is 1.11. The van der Waals surface area contributed by atoms with Crippen molar-refractivity contribution >= 4 is 11.6 Å². The molecule has 0 heterocycles. The number of benzene rings is 1. The van der Waals surface area contributed by atoms with Crippen LogP contribution in [0, 0.1) is 17.5 Å². The monoisotopic (exact) mass is 223 g/mol. The van der Waals surface area contributed by atoms with Gasteiger partial charge in [-0.05, 0) is 25.5 Å². The largest absolute Gasteiger partial charge is 0.330 e. The lowest BCUT2D eigenvalue weighted by molar-refractivity contribution is 0.478. The van der Waals surface area contributed by atoms with E-state index in [4.69, 9.17) is 17.3 Å². The smallest absolute Gasteiger partial charge is 0.177 e. The molecule has 2 N–H and O–H groups in total. The maximum atomic E-state index is 13.1. The molecular formula is C9H9ClF3N. The molecule has 0 saturated carbocycles. The summed E-state index contributed by atoms with van der Waals surface area (Å²) >= 11 is 5.25. The van der Waals surface area contributed by atoms with Crippen molar-refractivity contribution in [2.75, 3.05) is 6.54 Å². The minimum absolute atomic E-state index is 0.0717. The van der Waals surface area contributed by atoms with Crippen LogP contribution >= 0.6 is 11.6 Å². The second kappa shape index (κ2) is 4.66. The average Bonchev–Trinajstić information content (AvgIpc) is 2.14. The first-order valence-corrected chi connectivity index (χ1v) is 4.47. The fraction of sp³-hybridized carbons (Fsp3) is 0.333. The Morgan fingerprint density at radius 1 is 1.21 bits per heavy atom. The van der Waals surface area contributed by atoms with Crippen LogP contribution in [0.4, 0.5) is 13.2 Å². The van der Waals surface area contributed by atoms with Gasteiger partial charge in [0.15, 0.2) is 11.6 Å². The molecule has 0 radical (unpaired) electrons. The second-order valence-corrected chi connectivity index (χ2v) is 3.25. The first-order chi connectivity index (χ1) is 6.57. The van der Waals surface area contributed by atoms with Crippen molar-refractivity contribution in [3.8, 4) is 0 Å². The zero-order valence-corrected chi connectivity index (χ0v) is 8.04. The SMILES string of the molecule is NCCCc1c(F)cc(Cl)c(F)c1F. The summed E-state index contributed by atoms with van der Waals surface area (Å²) in [6.45, 7) is 0.295. The van der Waals surface area contributed by atoms with Crippen LogP contribution in [-0.2, 0) is 6.42 Å². The predicted octanol–water partition coefficient (Wildman–Crippen LogP) is 2.65. The van der Waals surface area contributed by atoms with Crippen molar-refractivity contribution in [2.45, 2.75) is 12.8 Å². The van der Waals surface area contributed by atoms with E-state index >= 15 is 0 Å². The molecule has 0 bridgehead atoms. The number of nitrogens with two attached hydrogens (primary N) is 1. The fourth-order valence-corrected chi connectivity index (χ4v) is 1.29. The lowest BCUT2D eigenvalue weighted by Crippen LogP contribution is -2.05. The topological polar surface area (TPSA) is 26.0 Å². The molecule has 0 amide bonds. The molecule has 0 fully saturated rings. The van der Waals surface area contributed by atoms with E-state index in [0.717, 1.165) is 6.07 Å². The average molecular weight is 224 g/mol. The van der Waals surface area contributed by atoms with Crippen LogP contribution in [0.1, 0.15) is 12.0 Å². The predicted molar refractivity (Wildman–Crippen MR) is 48.7 cm³/mol. The molecule has 1 aromatic rings. The summed E-state index contributed by atoms with van der Waals surface area (Å²) in [7, 11) is 0. The Balaban J connectivity index is 3.09. The van der Waals surface area contributed by atoms with E-state index in [0.29, 0.717) is 13.0 Å². The van der Waals surface area contributed by atoms with Crippen LogP contribution in [0.25, 0.3) is 0 Å². The third-order valence-electron chi connectivity index (χ3n) is 1.84. The quantitative estimate of drug-likeness (QED) is 0.619. The van der Waals surface area contributed by atoms with Gasteiger partial charge < -0.3 is 5.73 Å².